The zero-order valence-electron chi connectivity index (χ0n) is 10.3. The maximum Gasteiger partial charge on any atom is 0.232 e. The molecule has 0 unspecified atom stereocenters. The molecule has 1 saturated carbocycles. The number of amides is 1. The third kappa shape index (κ3) is 2.60. The van der Waals surface area contributed by atoms with Crippen LogP contribution in [0.15, 0.2) is 29.2 Å². The van der Waals surface area contributed by atoms with Crippen LogP contribution in [0.25, 0.3) is 0 Å². The van der Waals surface area contributed by atoms with E-state index in [0.717, 1.165) is 31.4 Å². The Morgan fingerprint density at radius 2 is 2.24 bits per heavy atom. The standard InChI is InChI=1S/C14H19NO2/c1-3-10-15(13-9-8-11(2)17-13)14(16)12-6-4-5-7-12/h3,8-9,12H,1,4-7,10H2,2H3. The first-order chi connectivity index (χ1) is 8.22. The van der Waals surface area contributed by atoms with Crippen molar-refractivity contribution < 1.29 is 9.21 Å². The predicted molar refractivity (Wildman–Crippen MR) is 68.0 cm³/mol. The number of carbonyl (C=O) groups is 1. The maximum absolute atomic E-state index is 12.4. The van der Waals surface area contributed by atoms with Gasteiger partial charge in [0.15, 0.2) is 0 Å². The summed E-state index contributed by atoms with van der Waals surface area (Å²) in [5, 5.41) is 0. The molecule has 3 nitrogen and oxygen atoms in total. The van der Waals surface area contributed by atoms with Crippen LogP contribution in [0, 0.1) is 12.8 Å². The van der Waals surface area contributed by atoms with Gasteiger partial charge in [0.25, 0.3) is 0 Å². The summed E-state index contributed by atoms with van der Waals surface area (Å²) >= 11 is 0. The van der Waals surface area contributed by atoms with Crippen molar-refractivity contribution in [1.82, 2.24) is 0 Å². The Kier molecular flexibility index (Phi) is 3.67. The molecule has 2 rings (SSSR count). The van der Waals surface area contributed by atoms with Crippen molar-refractivity contribution in [3.8, 4) is 0 Å². The van der Waals surface area contributed by atoms with Crippen LogP contribution < -0.4 is 4.90 Å². The number of hydrogen-bond donors (Lipinski definition) is 0. The van der Waals surface area contributed by atoms with Crippen molar-refractivity contribution in [1.29, 1.82) is 0 Å². The summed E-state index contributed by atoms with van der Waals surface area (Å²) in [5.41, 5.74) is 0. The van der Waals surface area contributed by atoms with Crippen molar-refractivity contribution in [2.75, 3.05) is 11.4 Å². The van der Waals surface area contributed by atoms with E-state index in [-0.39, 0.29) is 11.8 Å². The average molecular weight is 233 g/mol. The number of furan rings is 1. The minimum absolute atomic E-state index is 0.167. The third-order valence-electron chi connectivity index (χ3n) is 3.27. The molecule has 92 valence electrons. The maximum atomic E-state index is 12.4. The lowest BCUT2D eigenvalue weighted by Crippen LogP contribution is -2.35. The first-order valence-corrected chi connectivity index (χ1v) is 6.21. The van der Waals surface area contributed by atoms with Crippen molar-refractivity contribution in [2.45, 2.75) is 32.6 Å². The predicted octanol–water partition coefficient (Wildman–Crippen LogP) is 3.30. The van der Waals surface area contributed by atoms with Gasteiger partial charge < -0.3 is 4.42 Å². The summed E-state index contributed by atoms with van der Waals surface area (Å²) < 4.78 is 5.54. The number of nitrogens with zero attached hydrogens (tertiary/aromatic N) is 1. The largest absolute Gasteiger partial charge is 0.445 e. The van der Waals surface area contributed by atoms with E-state index in [0.29, 0.717) is 12.4 Å². The molecule has 0 aliphatic heterocycles. The number of aryl methyl sites for hydroxylation is 1. The van der Waals surface area contributed by atoms with E-state index < -0.39 is 0 Å². The molecule has 0 aromatic carbocycles. The van der Waals surface area contributed by atoms with Gasteiger partial charge in [-0.3, -0.25) is 9.69 Å². The Morgan fingerprint density at radius 3 is 2.76 bits per heavy atom. The van der Waals surface area contributed by atoms with E-state index in [1.807, 2.05) is 19.1 Å². The Morgan fingerprint density at radius 1 is 1.53 bits per heavy atom. The van der Waals surface area contributed by atoms with Gasteiger partial charge in [-0.15, -0.1) is 6.58 Å². The van der Waals surface area contributed by atoms with E-state index in [9.17, 15) is 4.79 Å². The van der Waals surface area contributed by atoms with Crippen LogP contribution >= 0.6 is 0 Å². The molecule has 1 aromatic heterocycles. The van der Waals surface area contributed by atoms with Crippen LogP contribution in [-0.2, 0) is 4.79 Å². The van der Waals surface area contributed by atoms with Crippen molar-refractivity contribution >= 4 is 11.8 Å². The minimum atomic E-state index is 0.167. The van der Waals surface area contributed by atoms with Gasteiger partial charge in [-0.25, -0.2) is 0 Å². The molecule has 1 aliphatic rings. The fourth-order valence-electron chi connectivity index (χ4n) is 2.38. The highest BCUT2D eigenvalue weighted by atomic mass is 16.4. The Bertz CT molecular complexity index is 402. The van der Waals surface area contributed by atoms with E-state index in [1.165, 1.54) is 0 Å². The molecule has 1 heterocycles. The van der Waals surface area contributed by atoms with Crippen molar-refractivity contribution in [3.63, 3.8) is 0 Å². The normalized spacial score (nSPS) is 16.1. The van der Waals surface area contributed by atoms with Crippen LogP contribution in [0.1, 0.15) is 31.4 Å². The summed E-state index contributed by atoms with van der Waals surface area (Å²) in [6.07, 6.45) is 6.08. The smallest absolute Gasteiger partial charge is 0.232 e. The van der Waals surface area contributed by atoms with Gasteiger partial charge in [-0.2, -0.15) is 0 Å². The zero-order chi connectivity index (χ0) is 12.3. The average Bonchev–Trinajstić information content (AvgIpc) is 2.95. The molecule has 0 radical (unpaired) electrons. The molecule has 0 N–H and O–H groups in total. The van der Waals surface area contributed by atoms with Crippen molar-refractivity contribution in [3.05, 3.63) is 30.5 Å². The SMILES string of the molecule is C=CCN(C(=O)C1CCCC1)c1ccc(C)o1. The third-order valence-corrected chi connectivity index (χ3v) is 3.27. The lowest BCUT2D eigenvalue weighted by atomic mass is 10.1. The summed E-state index contributed by atoms with van der Waals surface area (Å²) in [4.78, 5) is 14.1. The monoisotopic (exact) mass is 233 g/mol. The summed E-state index contributed by atoms with van der Waals surface area (Å²) in [6, 6.07) is 3.74. The number of hydrogen-bond acceptors (Lipinski definition) is 2. The Hall–Kier alpha value is -1.51. The fourth-order valence-corrected chi connectivity index (χ4v) is 2.38. The molecule has 0 atom stereocenters. The lowest BCUT2D eigenvalue weighted by Gasteiger charge is -2.21. The van der Waals surface area contributed by atoms with Gasteiger partial charge in [0.2, 0.25) is 11.8 Å². The molecule has 0 bridgehead atoms. The first kappa shape index (κ1) is 12.0. The molecule has 1 aliphatic carbocycles. The fraction of sp³-hybridized carbons (Fsp3) is 0.500. The van der Waals surface area contributed by atoms with Crippen LogP contribution in [0.2, 0.25) is 0 Å². The number of carbonyl (C=O) groups excluding carboxylic acids is 1. The Labute approximate surface area is 102 Å². The van der Waals surface area contributed by atoms with Crippen LogP contribution in [-0.4, -0.2) is 12.5 Å². The number of anilines is 1. The number of rotatable bonds is 4. The van der Waals surface area contributed by atoms with E-state index in [2.05, 4.69) is 6.58 Å². The molecule has 0 saturated heterocycles. The second-order valence-corrected chi connectivity index (χ2v) is 4.60. The van der Waals surface area contributed by atoms with Gasteiger partial charge in [0.05, 0.1) is 0 Å². The molecule has 3 heteroatoms. The molecule has 0 spiro atoms. The van der Waals surface area contributed by atoms with Gasteiger partial charge in [-0.1, -0.05) is 18.9 Å². The quantitative estimate of drug-likeness (QED) is 0.748. The molecule has 1 fully saturated rings. The molecule has 17 heavy (non-hydrogen) atoms. The first-order valence-electron chi connectivity index (χ1n) is 6.21. The highest BCUT2D eigenvalue weighted by molar-refractivity contribution is 5.94. The summed E-state index contributed by atoms with van der Waals surface area (Å²) in [6.45, 7) is 6.11. The lowest BCUT2D eigenvalue weighted by molar-refractivity contribution is -0.122. The summed E-state index contributed by atoms with van der Waals surface area (Å²) in [7, 11) is 0. The zero-order valence-corrected chi connectivity index (χ0v) is 10.3. The van der Waals surface area contributed by atoms with Crippen LogP contribution in [0.4, 0.5) is 5.88 Å². The molecule has 1 amide bonds. The second-order valence-electron chi connectivity index (χ2n) is 4.60. The Balaban J connectivity index is 2.16. The van der Waals surface area contributed by atoms with Crippen LogP contribution in [0.5, 0.6) is 0 Å². The minimum Gasteiger partial charge on any atom is -0.445 e. The second kappa shape index (κ2) is 5.21. The molecule has 1 aromatic rings. The van der Waals surface area contributed by atoms with Gasteiger partial charge in [0, 0.05) is 18.5 Å². The topological polar surface area (TPSA) is 33.5 Å². The molecular weight excluding hydrogens is 214 g/mol. The van der Waals surface area contributed by atoms with Crippen molar-refractivity contribution in [2.24, 2.45) is 5.92 Å². The van der Waals surface area contributed by atoms with Gasteiger partial charge >= 0.3 is 0 Å². The van der Waals surface area contributed by atoms with Gasteiger partial charge in [-0.05, 0) is 25.8 Å². The summed E-state index contributed by atoms with van der Waals surface area (Å²) in [5.74, 6) is 1.81. The highest BCUT2D eigenvalue weighted by Crippen LogP contribution is 2.29. The van der Waals surface area contributed by atoms with E-state index >= 15 is 0 Å². The van der Waals surface area contributed by atoms with E-state index in [1.54, 1.807) is 11.0 Å². The highest BCUT2D eigenvalue weighted by Gasteiger charge is 2.28. The van der Waals surface area contributed by atoms with E-state index in [4.69, 9.17) is 4.42 Å². The van der Waals surface area contributed by atoms with Gasteiger partial charge in [0.1, 0.15) is 5.76 Å². The van der Waals surface area contributed by atoms with Crippen LogP contribution in [0.3, 0.4) is 0 Å². The molecular formula is C14H19NO2.